The van der Waals surface area contributed by atoms with E-state index in [0.717, 1.165) is 8.04 Å². The van der Waals surface area contributed by atoms with Crippen molar-refractivity contribution in [2.24, 2.45) is 0 Å². The van der Waals surface area contributed by atoms with Crippen molar-refractivity contribution in [3.63, 3.8) is 0 Å². The number of alkyl carbamates (subject to hydrolysis) is 1. The second-order valence-electron chi connectivity index (χ2n) is 3.53. The van der Waals surface area contributed by atoms with Crippen LogP contribution in [0.3, 0.4) is 0 Å². The lowest BCUT2D eigenvalue weighted by molar-refractivity contribution is 0.0951. The fraction of sp³-hybridized carbons (Fsp3) is 0.333. The lowest BCUT2D eigenvalue weighted by atomic mass is 10.2. The highest BCUT2D eigenvalue weighted by atomic mass is 127. The van der Waals surface area contributed by atoms with E-state index >= 15 is 0 Å². The summed E-state index contributed by atoms with van der Waals surface area (Å²) in [5.74, 6) is -0.170. The van der Waals surface area contributed by atoms with Crippen LogP contribution in [-0.4, -0.2) is 31.7 Å². The molecule has 1 rings (SSSR count). The molecule has 0 aromatic heterocycles. The maximum atomic E-state index is 11.9. The Morgan fingerprint density at radius 1 is 1.32 bits per heavy atom. The van der Waals surface area contributed by atoms with Crippen LogP contribution in [0.2, 0.25) is 0 Å². The molecule has 0 unspecified atom stereocenters. The average Bonchev–Trinajstić information content (AvgIpc) is 2.37. The quantitative estimate of drug-likeness (QED) is 0.546. The molecule has 0 spiro atoms. The van der Waals surface area contributed by atoms with Crippen molar-refractivity contribution in [3.8, 4) is 0 Å². The molecule has 7 heteroatoms. The van der Waals surface area contributed by atoms with Gasteiger partial charge < -0.3 is 15.4 Å². The van der Waals surface area contributed by atoms with Crippen molar-refractivity contribution in [1.29, 1.82) is 0 Å². The molecule has 0 radical (unpaired) electrons. The Morgan fingerprint density at radius 2 is 2.00 bits per heavy atom. The van der Waals surface area contributed by atoms with Crippen LogP contribution in [0, 0.1) is 3.57 Å². The number of rotatable bonds is 5. The van der Waals surface area contributed by atoms with Crippen molar-refractivity contribution < 1.29 is 14.3 Å². The van der Waals surface area contributed by atoms with Crippen molar-refractivity contribution in [1.82, 2.24) is 10.6 Å². The largest absolute Gasteiger partial charge is 0.450 e. The Labute approximate surface area is 133 Å². The van der Waals surface area contributed by atoms with E-state index in [1.54, 1.807) is 13.0 Å². The van der Waals surface area contributed by atoms with Gasteiger partial charge in [0.2, 0.25) is 0 Å². The Hall–Kier alpha value is -0.830. The Morgan fingerprint density at radius 3 is 2.68 bits per heavy atom. The number of benzene rings is 1. The van der Waals surface area contributed by atoms with Crippen LogP contribution in [0.5, 0.6) is 0 Å². The van der Waals surface area contributed by atoms with Crippen LogP contribution in [-0.2, 0) is 4.74 Å². The van der Waals surface area contributed by atoms with Crippen molar-refractivity contribution >= 4 is 50.5 Å². The van der Waals surface area contributed by atoms with Crippen LogP contribution >= 0.6 is 38.5 Å². The topological polar surface area (TPSA) is 67.4 Å². The highest BCUT2D eigenvalue weighted by Gasteiger charge is 2.09. The number of amides is 2. The predicted molar refractivity (Wildman–Crippen MR) is 84.2 cm³/mol. The Kier molecular flexibility index (Phi) is 7.14. The molecule has 0 fully saturated rings. The third-order valence-corrected chi connectivity index (χ3v) is 3.56. The highest BCUT2D eigenvalue weighted by molar-refractivity contribution is 14.1. The zero-order chi connectivity index (χ0) is 14.3. The maximum absolute atomic E-state index is 11.9. The monoisotopic (exact) mass is 440 g/mol. The number of halogens is 2. The summed E-state index contributed by atoms with van der Waals surface area (Å²) in [5.41, 5.74) is 0.603. The fourth-order valence-electron chi connectivity index (χ4n) is 1.29. The molecule has 0 atom stereocenters. The second-order valence-corrected chi connectivity index (χ2v) is 5.61. The van der Waals surface area contributed by atoms with Gasteiger partial charge in [-0.25, -0.2) is 4.79 Å². The molecule has 104 valence electrons. The van der Waals surface area contributed by atoms with Crippen molar-refractivity contribution in [2.45, 2.75) is 6.92 Å². The summed E-state index contributed by atoms with van der Waals surface area (Å²) in [6.07, 6.45) is -0.478. The van der Waals surface area contributed by atoms with E-state index in [4.69, 9.17) is 4.74 Å². The molecule has 0 saturated carbocycles. The molecular weight excluding hydrogens is 427 g/mol. The SMILES string of the molecule is CCOC(=O)NCCNC(=O)c1cc(Br)ccc1I. The molecular formula is C12H14BrIN2O3. The first-order valence-electron chi connectivity index (χ1n) is 5.68. The lowest BCUT2D eigenvalue weighted by Gasteiger charge is -2.08. The van der Waals surface area contributed by atoms with E-state index in [0.29, 0.717) is 25.3 Å². The summed E-state index contributed by atoms with van der Waals surface area (Å²) in [4.78, 5) is 22.9. The number of ether oxygens (including phenoxy) is 1. The van der Waals surface area contributed by atoms with Crippen LogP contribution < -0.4 is 10.6 Å². The van der Waals surface area contributed by atoms with Gasteiger partial charge in [0, 0.05) is 21.1 Å². The summed E-state index contributed by atoms with van der Waals surface area (Å²) < 4.78 is 6.42. The van der Waals surface area contributed by atoms with E-state index in [2.05, 4.69) is 49.2 Å². The highest BCUT2D eigenvalue weighted by Crippen LogP contribution is 2.18. The number of hydrogen-bond acceptors (Lipinski definition) is 3. The van der Waals surface area contributed by atoms with Crippen LogP contribution in [0.15, 0.2) is 22.7 Å². The Balaban J connectivity index is 2.39. The molecule has 0 aliphatic rings. The van der Waals surface area contributed by atoms with Gasteiger partial charge in [-0.2, -0.15) is 0 Å². The number of carbonyl (C=O) groups excluding carboxylic acids is 2. The molecule has 0 heterocycles. The molecule has 0 saturated heterocycles. The van der Waals surface area contributed by atoms with Crippen molar-refractivity contribution in [2.75, 3.05) is 19.7 Å². The first kappa shape index (κ1) is 16.2. The van der Waals surface area contributed by atoms with Gasteiger partial charge >= 0.3 is 6.09 Å². The van der Waals surface area contributed by atoms with Gasteiger partial charge in [-0.3, -0.25) is 4.79 Å². The molecule has 0 aliphatic carbocycles. The summed E-state index contributed by atoms with van der Waals surface area (Å²) in [6, 6.07) is 5.49. The predicted octanol–water partition coefficient (Wildman–Crippen LogP) is 2.53. The third-order valence-electron chi connectivity index (χ3n) is 2.13. The minimum Gasteiger partial charge on any atom is -0.450 e. The zero-order valence-corrected chi connectivity index (χ0v) is 14.1. The molecule has 19 heavy (non-hydrogen) atoms. The molecule has 2 amide bonds. The minimum absolute atomic E-state index is 0.170. The van der Waals surface area contributed by atoms with E-state index in [1.807, 2.05) is 12.1 Å². The summed E-state index contributed by atoms with van der Waals surface area (Å²) >= 11 is 5.43. The first-order valence-corrected chi connectivity index (χ1v) is 7.55. The number of carbonyl (C=O) groups is 2. The standard InChI is InChI=1S/C12H14BrIN2O3/c1-2-19-12(18)16-6-5-15-11(17)9-7-8(13)3-4-10(9)14/h3-4,7H,2,5-6H2,1H3,(H,15,17)(H,16,18). The fourth-order valence-corrected chi connectivity index (χ4v) is 2.23. The van der Waals surface area contributed by atoms with E-state index in [1.165, 1.54) is 0 Å². The molecule has 1 aromatic rings. The third kappa shape index (κ3) is 5.77. The van der Waals surface area contributed by atoms with E-state index in [9.17, 15) is 9.59 Å². The molecule has 1 aromatic carbocycles. The molecule has 0 aliphatic heterocycles. The molecule has 5 nitrogen and oxygen atoms in total. The minimum atomic E-state index is -0.478. The summed E-state index contributed by atoms with van der Waals surface area (Å²) in [5, 5.41) is 5.26. The van der Waals surface area contributed by atoms with Gasteiger partial charge in [0.1, 0.15) is 0 Å². The Bertz CT molecular complexity index is 468. The van der Waals surface area contributed by atoms with E-state index < -0.39 is 6.09 Å². The average molecular weight is 441 g/mol. The first-order chi connectivity index (χ1) is 9.04. The van der Waals surface area contributed by atoms with Gasteiger partial charge in [0.15, 0.2) is 0 Å². The van der Waals surface area contributed by atoms with Crippen LogP contribution in [0.25, 0.3) is 0 Å². The van der Waals surface area contributed by atoms with Gasteiger partial charge in [0.25, 0.3) is 5.91 Å². The van der Waals surface area contributed by atoms with Crippen molar-refractivity contribution in [3.05, 3.63) is 31.8 Å². The molecule has 2 N–H and O–H groups in total. The van der Waals surface area contributed by atoms with Crippen LogP contribution in [0.4, 0.5) is 4.79 Å². The zero-order valence-electron chi connectivity index (χ0n) is 10.3. The van der Waals surface area contributed by atoms with Gasteiger partial charge in [0.05, 0.1) is 12.2 Å². The van der Waals surface area contributed by atoms with Gasteiger partial charge in [-0.15, -0.1) is 0 Å². The maximum Gasteiger partial charge on any atom is 0.407 e. The normalized spacial score (nSPS) is 9.84. The van der Waals surface area contributed by atoms with Gasteiger partial charge in [-0.1, -0.05) is 15.9 Å². The lowest BCUT2D eigenvalue weighted by Crippen LogP contribution is -2.35. The van der Waals surface area contributed by atoms with E-state index in [-0.39, 0.29) is 5.91 Å². The molecule has 0 bridgehead atoms. The van der Waals surface area contributed by atoms with Crippen LogP contribution in [0.1, 0.15) is 17.3 Å². The van der Waals surface area contributed by atoms with Gasteiger partial charge in [-0.05, 0) is 47.7 Å². The number of nitrogens with one attached hydrogen (secondary N) is 2. The summed E-state index contributed by atoms with van der Waals surface area (Å²) in [6.45, 7) is 2.74. The smallest absolute Gasteiger partial charge is 0.407 e. The number of hydrogen-bond donors (Lipinski definition) is 2. The summed E-state index contributed by atoms with van der Waals surface area (Å²) in [7, 11) is 0. The second kappa shape index (κ2) is 8.36.